The van der Waals surface area contributed by atoms with Crippen molar-refractivity contribution in [3.63, 3.8) is 0 Å². The average molecular weight is 306 g/mol. The Morgan fingerprint density at radius 1 is 1.19 bits per heavy atom. The molecule has 3 nitrogen and oxygen atoms in total. The van der Waals surface area contributed by atoms with Gasteiger partial charge in [0.1, 0.15) is 0 Å². The van der Waals surface area contributed by atoms with Crippen LogP contribution < -0.4 is 10.6 Å². The Kier molecular flexibility index (Phi) is 5.17. The lowest BCUT2D eigenvalue weighted by Crippen LogP contribution is -2.51. The second-order valence-corrected chi connectivity index (χ2v) is 6.45. The molecule has 2 fully saturated rings. The highest BCUT2D eigenvalue weighted by Gasteiger charge is 2.43. The number of amides is 1. The number of piperidine rings is 1. The van der Waals surface area contributed by atoms with E-state index in [1.54, 1.807) is 0 Å². The van der Waals surface area contributed by atoms with Crippen LogP contribution in [0.1, 0.15) is 51.9 Å². The molecule has 2 N–H and O–H groups in total. The SMILES string of the molecule is CCC1(C(=O)NC2CCC(C(F)(F)F)CC2)CCNCC1. The van der Waals surface area contributed by atoms with E-state index in [2.05, 4.69) is 10.6 Å². The number of carbonyl (C=O) groups excluding carboxylic acids is 1. The predicted octanol–water partition coefficient (Wildman–Crippen LogP) is 3.00. The average Bonchev–Trinajstić information content (AvgIpc) is 2.47. The Morgan fingerprint density at radius 2 is 1.76 bits per heavy atom. The third-order valence-electron chi connectivity index (χ3n) is 5.24. The Bertz CT molecular complexity index is 356. The maximum Gasteiger partial charge on any atom is 0.391 e. The molecule has 21 heavy (non-hydrogen) atoms. The summed E-state index contributed by atoms with van der Waals surface area (Å²) in [6.45, 7) is 3.69. The molecule has 0 bridgehead atoms. The van der Waals surface area contributed by atoms with Crippen LogP contribution in [0.3, 0.4) is 0 Å². The summed E-state index contributed by atoms with van der Waals surface area (Å²) in [5, 5.41) is 6.27. The Hall–Kier alpha value is -0.780. The van der Waals surface area contributed by atoms with E-state index in [0.717, 1.165) is 32.4 Å². The summed E-state index contributed by atoms with van der Waals surface area (Å²) in [5.74, 6) is -1.15. The molecule has 1 saturated heterocycles. The van der Waals surface area contributed by atoms with Gasteiger partial charge in [0.05, 0.1) is 11.3 Å². The van der Waals surface area contributed by atoms with Crippen molar-refractivity contribution < 1.29 is 18.0 Å². The van der Waals surface area contributed by atoms with E-state index < -0.39 is 12.1 Å². The molecule has 0 unspecified atom stereocenters. The maximum atomic E-state index is 12.6. The van der Waals surface area contributed by atoms with Crippen molar-refractivity contribution in [1.82, 2.24) is 10.6 Å². The van der Waals surface area contributed by atoms with E-state index >= 15 is 0 Å². The molecule has 1 amide bonds. The molecule has 6 heteroatoms. The molecule has 1 aliphatic heterocycles. The van der Waals surface area contributed by atoms with Gasteiger partial charge in [-0.25, -0.2) is 0 Å². The number of nitrogens with one attached hydrogen (secondary N) is 2. The summed E-state index contributed by atoms with van der Waals surface area (Å²) < 4.78 is 37.9. The summed E-state index contributed by atoms with van der Waals surface area (Å²) >= 11 is 0. The molecule has 0 aromatic carbocycles. The lowest BCUT2D eigenvalue weighted by Gasteiger charge is -2.38. The standard InChI is InChI=1S/C15H25F3N2O/c1-2-14(7-9-19-10-8-14)13(21)20-12-5-3-11(4-6-12)15(16,17)18/h11-12,19H,2-10H2,1H3,(H,20,21). The molecular formula is C15H25F3N2O. The molecule has 1 saturated carbocycles. The molecule has 122 valence electrons. The van der Waals surface area contributed by atoms with Crippen molar-refractivity contribution in [2.75, 3.05) is 13.1 Å². The molecule has 0 atom stereocenters. The van der Waals surface area contributed by atoms with Crippen LogP contribution in [0.25, 0.3) is 0 Å². The van der Waals surface area contributed by atoms with Crippen LogP contribution in [0.15, 0.2) is 0 Å². The van der Waals surface area contributed by atoms with Gasteiger partial charge >= 0.3 is 6.18 Å². The van der Waals surface area contributed by atoms with Crippen molar-refractivity contribution in [3.8, 4) is 0 Å². The highest BCUT2D eigenvalue weighted by Crippen LogP contribution is 2.38. The first kappa shape index (κ1) is 16.6. The monoisotopic (exact) mass is 306 g/mol. The third kappa shape index (κ3) is 3.90. The molecule has 0 radical (unpaired) electrons. The molecule has 2 rings (SSSR count). The van der Waals surface area contributed by atoms with Crippen LogP contribution in [0.2, 0.25) is 0 Å². The molecule has 0 spiro atoms. The minimum Gasteiger partial charge on any atom is -0.353 e. The summed E-state index contributed by atoms with van der Waals surface area (Å²) in [5.41, 5.74) is -0.327. The van der Waals surface area contributed by atoms with Gasteiger partial charge in [-0.2, -0.15) is 13.2 Å². The summed E-state index contributed by atoms with van der Waals surface area (Å²) in [6.07, 6.45) is -0.528. The van der Waals surface area contributed by atoms with Gasteiger partial charge in [-0.15, -0.1) is 0 Å². The topological polar surface area (TPSA) is 41.1 Å². The summed E-state index contributed by atoms with van der Waals surface area (Å²) in [7, 11) is 0. The van der Waals surface area contributed by atoms with Crippen molar-refractivity contribution in [2.45, 2.75) is 64.1 Å². The van der Waals surface area contributed by atoms with Gasteiger partial charge in [-0.1, -0.05) is 6.92 Å². The maximum absolute atomic E-state index is 12.6. The lowest BCUT2D eigenvalue weighted by atomic mass is 9.75. The van der Waals surface area contributed by atoms with Crippen molar-refractivity contribution in [1.29, 1.82) is 0 Å². The highest BCUT2D eigenvalue weighted by molar-refractivity contribution is 5.83. The van der Waals surface area contributed by atoms with Gasteiger partial charge in [-0.05, 0) is 58.0 Å². The van der Waals surface area contributed by atoms with Crippen LogP contribution >= 0.6 is 0 Å². The number of alkyl halides is 3. The molecule has 2 aliphatic rings. The molecule has 0 aromatic rings. The van der Waals surface area contributed by atoms with Gasteiger partial charge in [0, 0.05) is 6.04 Å². The molecule has 0 aromatic heterocycles. The normalized spacial score (nSPS) is 29.9. The zero-order valence-electron chi connectivity index (χ0n) is 12.6. The summed E-state index contributed by atoms with van der Waals surface area (Å²) in [6, 6.07) is -0.0885. The van der Waals surface area contributed by atoms with Gasteiger partial charge < -0.3 is 10.6 Å². The van der Waals surface area contributed by atoms with Gasteiger partial charge in [0.2, 0.25) is 5.91 Å². The first-order valence-corrected chi connectivity index (χ1v) is 7.96. The van der Waals surface area contributed by atoms with Crippen molar-refractivity contribution >= 4 is 5.91 Å². The number of hydrogen-bond acceptors (Lipinski definition) is 2. The van der Waals surface area contributed by atoms with Crippen LogP contribution in [0.4, 0.5) is 13.2 Å². The van der Waals surface area contributed by atoms with E-state index in [4.69, 9.17) is 0 Å². The number of halogens is 3. The van der Waals surface area contributed by atoms with Crippen molar-refractivity contribution in [3.05, 3.63) is 0 Å². The second-order valence-electron chi connectivity index (χ2n) is 6.45. The van der Waals surface area contributed by atoms with E-state index in [9.17, 15) is 18.0 Å². The fraction of sp³-hybridized carbons (Fsp3) is 0.933. The van der Waals surface area contributed by atoms with Crippen molar-refractivity contribution in [2.24, 2.45) is 11.3 Å². The van der Waals surface area contributed by atoms with Gasteiger partial charge in [0.15, 0.2) is 0 Å². The highest BCUT2D eigenvalue weighted by atomic mass is 19.4. The van der Waals surface area contributed by atoms with Crippen LogP contribution in [-0.4, -0.2) is 31.2 Å². The van der Waals surface area contributed by atoms with Gasteiger partial charge in [-0.3, -0.25) is 4.79 Å². The smallest absolute Gasteiger partial charge is 0.353 e. The lowest BCUT2D eigenvalue weighted by molar-refractivity contribution is -0.182. The largest absolute Gasteiger partial charge is 0.391 e. The van der Waals surface area contributed by atoms with Crippen LogP contribution in [0, 0.1) is 11.3 Å². The zero-order valence-corrected chi connectivity index (χ0v) is 12.6. The fourth-order valence-corrected chi connectivity index (χ4v) is 3.55. The minimum absolute atomic E-state index is 0.0435. The number of rotatable bonds is 3. The zero-order chi connectivity index (χ0) is 15.5. The minimum atomic E-state index is -4.09. The second kappa shape index (κ2) is 6.55. The van der Waals surface area contributed by atoms with Gasteiger partial charge in [0.25, 0.3) is 0 Å². The quantitative estimate of drug-likeness (QED) is 0.841. The summed E-state index contributed by atoms with van der Waals surface area (Å²) in [4.78, 5) is 12.5. The fourth-order valence-electron chi connectivity index (χ4n) is 3.55. The van der Waals surface area contributed by atoms with E-state index in [1.165, 1.54) is 0 Å². The van der Waals surface area contributed by atoms with E-state index in [1.807, 2.05) is 6.92 Å². The number of carbonyl (C=O) groups is 1. The number of hydrogen-bond donors (Lipinski definition) is 2. The van der Waals surface area contributed by atoms with E-state index in [-0.39, 0.29) is 30.2 Å². The first-order chi connectivity index (χ1) is 9.87. The Morgan fingerprint density at radius 3 is 2.24 bits per heavy atom. The molecule has 1 aliphatic carbocycles. The van der Waals surface area contributed by atoms with E-state index in [0.29, 0.717) is 12.8 Å². The molecular weight excluding hydrogens is 281 g/mol. The Labute approximate surface area is 124 Å². The Balaban J connectivity index is 1.86. The first-order valence-electron chi connectivity index (χ1n) is 7.96. The molecule has 1 heterocycles. The van der Waals surface area contributed by atoms with Crippen LogP contribution in [-0.2, 0) is 4.79 Å². The van der Waals surface area contributed by atoms with Crippen LogP contribution in [0.5, 0.6) is 0 Å². The third-order valence-corrected chi connectivity index (χ3v) is 5.24. The predicted molar refractivity (Wildman–Crippen MR) is 74.8 cm³/mol.